The van der Waals surface area contributed by atoms with Gasteiger partial charge in [0.05, 0.1) is 11.8 Å². The number of amides is 2. The number of sulfone groups is 1. The van der Waals surface area contributed by atoms with Gasteiger partial charge in [-0.25, -0.2) is 24.6 Å². The maximum atomic E-state index is 14.0. The van der Waals surface area contributed by atoms with Crippen LogP contribution >= 0.6 is 0 Å². The van der Waals surface area contributed by atoms with Crippen molar-refractivity contribution in [1.82, 2.24) is 10.9 Å². The van der Waals surface area contributed by atoms with Gasteiger partial charge in [-0.15, -0.1) is 0 Å². The Kier molecular flexibility index (Phi) is 10.9. The number of nitrogens with two attached hydrogens (primary N) is 1. The Balaban J connectivity index is 2.74. The highest BCUT2D eigenvalue weighted by molar-refractivity contribution is 7.92. The predicted octanol–water partition coefficient (Wildman–Crippen LogP) is 3.37. The molecule has 1 fully saturated rings. The number of hydrogen-bond acceptors (Lipinski definition) is 7. The van der Waals surface area contributed by atoms with Gasteiger partial charge in [-0.3, -0.25) is 15.0 Å². The van der Waals surface area contributed by atoms with Crippen LogP contribution in [0, 0.1) is 23.2 Å². The normalized spacial score (nSPS) is 20.3. The molecule has 10 heteroatoms. The van der Waals surface area contributed by atoms with E-state index >= 15 is 0 Å². The number of rotatable bonds is 11. The number of hydroxylamine groups is 1. The Bertz CT molecular complexity index is 1030. The van der Waals surface area contributed by atoms with E-state index in [4.69, 9.17) is 15.4 Å². The molecule has 1 heterocycles. The SMILES string of the molecule is CC(C)C[C@@H](C(=O)NN)[C@@H](C(=O)NOC1CCCCO1)C(/C=C/c1ccccc1)(C(C)(C)C)S(C)(=O)=O. The van der Waals surface area contributed by atoms with E-state index in [1.165, 1.54) is 0 Å². The highest BCUT2D eigenvalue weighted by Crippen LogP contribution is 2.49. The van der Waals surface area contributed by atoms with Gasteiger partial charge in [0.15, 0.2) is 16.1 Å². The van der Waals surface area contributed by atoms with Crippen molar-refractivity contribution in [2.45, 2.75) is 71.3 Å². The third-order valence-electron chi connectivity index (χ3n) is 6.89. The number of ether oxygens (including phenoxy) is 1. The summed E-state index contributed by atoms with van der Waals surface area (Å²) in [6.07, 6.45) is 6.29. The summed E-state index contributed by atoms with van der Waals surface area (Å²) < 4.78 is 31.4. The van der Waals surface area contributed by atoms with Crippen LogP contribution in [-0.4, -0.2) is 44.1 Å². The van der Waals surface area contributed by atoms with E-state index in [0.29, 0.717) is 13.0 Å². The molecule has 0 spiro atoms. The molecular weight excluding hydrogens is 494 g/mol. The smallest absolute Gasteiger partial charge is 0.249 e. The van der Waals surface area contributed by atoms with Crippen LogP contribution in [-0.2, 0) is 29.0 Å². The first-order valence-electron chi connectivity index (χ1n) is 12.8. The van der Waals surface area contributed by atoms with Crippen LogP contribution in [0.3, 0.4) is 0 Å². The van der Waals surface area contributed by atoms with Gasteiger partial charge in [0.2, 0.25) is 11.8 Å². The molecule has 37 heavy (non-hydrogen) atoms. The topological polar surface area (TPSA) is 137 Å². The van der Waals surface area contributed by atoms with Crippen molar-refractivity contribution < 1.29 is 27.6 Å². The fourth-order valence-electron chi connectivity index (χ4n) is 5.19. The second-order valence-electron chi connectivity index (χ2n) is 11.2. The lowest BCUT2D eigenvalue weighted by Crippen LogP contribution is -2.62. The molecule has 4 N–H and O–H groups in total. The van der Waals surface area contributed by atoms with Crippen LogP contribution in [0.2, 0.25) is 0 Å². The molecule has 0 aliphatic carbocycles. The van der Waals surface area contributed by atoms with Gasteiger partial charge in [-0.2, -0.15) is 0 Å². The molecule has 1 aliphatic heterocycles. The Morgan fingerprint density at radius 1 is 1.16 bits per heavy atom. The summed E-state index contributed by atoms with van der Waals surface area (Å²) in [6.45, 7) is 9.56. The van der Waals surface area contributed by atoms with Crippen LogP contribution in [0.25, 0.3) is 6.08 Å². The Labute approximate surface area is 221 Å². The van der Waals surface area contributed by atoms with E-state index < -0.39 is 49.9 Å². The minimum atomic E-state index is -4.02. The summed E-state index contributed by atoms with van der Waals surface area (Å²) in [5, 5.41) is 0. The van der Waals surface area contributed by atoms with Crippen molar-refractivity contribution >= 4 is 27.7 Å². The second kappa shape index (κ2) is 13.0. The fourth-order valence-corrected chi connectivity index (χ4v) is 7.35. The number of hydrogen-bond donors (Lipinski definition) is 3. The van der Waals surface area contributed by atoms with Crippen LogP contribution in [0.5, 0.6) is 0 Å². The highest BCUT2D eigenvalue weighted by atomic mass is 32.2. The van der Waals surface area contributed by atoms with Gasteiger partial charge >= 0.3 is 0 Å². The predicted molar refractivity (Wildman–Crippen MR) is 144 cm³/mol. The molecule has 0 saturated carbocycles. The molecule has 2 unspecified atom stereocenters. The Morgan fingerprint density at radius 2 is 1.81 bits per heavy atom. The molecule has 4 atom stereocenters. The second-order valence-corrected chi connectivity index (χ2v) is 13.4. The van der Waals surface area contributed by atoms with Gasteiger partial charge in [0.25, 0.3) is 0 Å². The maximum absolute atomic E-state index is 14.0. The average Bonchev–Trinajstić information content (AvgIpc) is 2.83. The first-order chi connectivity index (χ1) is 17.2. The average molecular weight is 538 g/mol. The van der Waals surface area contributed by atoms with Crippen molar-refractivity contribution in [2.24, 2.45) is 29.0 Å². The monoisotopic (exact) mass is 537 g/mol. The number of hydrazine groups is 1. The van der Waals surface area contributed by atoms with Gasteiger partial charge in [0.1, 0.15) is 4.75 Å². The van der Waals surface area contributed by atoms with Gasteiger partial charge in [0, 0.05) is 19.3 Å². The molecule has 1 aromatic rings. The molecule has 208 valence electrons. The van der Waals surface area contributed by atoms with Crippen LogP contribution in [0.4, 0.5) is 0 Å². The molecule has 2 rings (SSSR count). The molecule has 0 bridgehead atoms. The van der Waals surface area contributed by atoms with Crippen LogP contribution < -0.4 is 16.7 Å². The van der Waals surface area contributed by atoms with Crippen molar-refractivity contribution in [2.75, 3.05) is 12.9 Å². The first kappa shape index (κ1) is 31.0. The van der Waals surface area contributed by atoms with Gasteiger partial charge in [-0.05, 0) is 36.2 Å². The maximum Gasteiger partial charge on any atom is 0.249 e. The summed E-state index contributed by atoms with van der Waals surface area (Å²) in [5.74, 6) is 1.76. The number of carbonyl (C=O) groups is 2. The molecule has 0 aromatic heterocycles. The molecular formula is C27H43N3O6S. The largest absolute Gasteiger partial charge is 0.350 e. The molecule has 2 amide bonds. The third kappa shape index (κ3) is 7.63. The summed E-state index contributed by atoms with van der Waals surface area (Å²) in [4.78, 5) is 32.7. The lowest BCUT2D eigenvalue weighted by molar-refractivity contribution is -0.203. The minimum absolute atomic E-state index is 0.0319. The van der Waals surface area contributed by atoms with E-state index in [9.17, 15) is 18.0 Å². The summed E-state index contributed by atoms with van der Waals surface area (Å²) in [7, 11) is -4.02. The van der Waals surface area contributed by atoms with Crippen LogP contribution in [0.1, 0.15) is 65.9 Å². The molecule has 1 saturated heterocycles. The van der Waals surface area contributed by atoms with Crippen molar-refractivity contribution in [1.29, 1.82) is 0 Å². The van der Waals surface area contributed by atoms with Gasteiger partial charge in [-0.1, -0.05) is 77.1 Å². The lowest BCUT2D eigenvalue weighted by Gasteiger charge is -2.48. The first-order valence-corrected chi connectivity index (χ1v) is 14.6. The van der Waals surface area contributed by atoms with E-state index in [2.05, 4.69) is 10.9 Å². The zero-order chi connectivity index (χ0) is 27.9. The molecule has 9 nitrogen and oxygen atoms in total. The third-order valence-corrected chi connectivity index (χ3v) is 9.12. The van der Waals surface area contributed by atoms with Gasteiger partial charge < -0.3 is 4.74 Å². The molecule has 1 aliphatic rings. The summed E-state index contributed by atoms with van der Waals surface area (Å²) >= 11 is 0. The quantitative estimate of drug-likeness (QED) is 0.224. The van der Waals surface area contributed by atoms with Crippen molar-refractivity contribution in [3.05, 3.63) is 42.0 Å². The van der Waals surface area contributed by atoms with E-state index in [1.54, 1.807) is 32.9 Å². The standard InChI is InChI=1S/C27H43N3O6S/c1-19(2)18-21(24(31)29-28)23(25(32)30-36-22-14-10-11-17-35-22)27(26(3,4)5,37(6,33)34)16-15-20-12-8-7-9-13-20/h7-9,12-13,15-16,19,21-23H,10-11,14,17-18,28H2,1-6H3,(H,29,31)(H,30,32)/b16-15+/t21-,22?,23+,27?/m1/s1. The van der Waals surface area contributed by atoms with Crippen molar-refractivity contribution in [3.8, 4) is 0 Å². The number of nitrogens with one attached hydrogen (secondary N) is 2. The highest BCUT2D eigenvalue weighted by Gasteiger charge is 2.60. The van der Waals surface area contributed by atoms with E-state index in [1.807, 2.05) is 44.2 Å². The summed E-state index contributed by atoms with van der Waals surface area (Å²) in [5.41, 5.74) is 4.35. The minimum Gasteiger partial charge on any atom is -0.350 e. The lowest BCUT2D eigenvalue weighted by atomic mass is 9.65. The summed E-state index contributed by atoms with van der Waals surface area (Å²) in [6, 6.07) is 9.21. The number of carbonyl (C=O) groups excluding carboxylic acids is 2. The zero-order valence-electron chi connectivity index (χ0n) is 22.8. The zero-order valence-corrected chi connectivity index (χ0v) is 23.6. The van der Waals surface area contributed by atoms with E-state index in [-0.39, 0.29) is 12.3 Å². The van der Waals surface area contributed by atoms with Crippen LogP contribution in [0.15, 0.2) is 36.4 Å². The Morgan fingerprint density at radius 3 is 2.30 bits per heavy atom. The van der Waals surface area contributed by atoms with Crippen molar-refractivity contribution in [3.63, 3.8) is 0 Å². The van der Waals surface area contributed by atoms with E-state index in [0.717, 1.165) is 24.7 Å². The molecule has 0 radical (unpaired) electrons. The molecule has 1 aromatic carbocycles. The fraction of sp³-hybridized carbons (Fsp3) is 0.630. The Hall–Kier alpha value is -2.27. The number of benzene rings is 1.